The molecule has 17 atom stereocenters. The molecule has 0 aromatic carbocycles. The Morgan fingerprint density at radius 1 is 0.439 bits per heavy atom. The van der Waals surface area contributed by atoms with E-state index in [9.17, 15) is 61.0 Å². The van der Waals surface area contributed by atoms with Crippen LogP contribution in [-0.4, -0.2) is 193 Å². The molecule has 3 saturated heterocycles. The molecule has 0 aromatic heterocycles. The number of carbonyl (C=O) groups excluding carboxylic acids is 1. The van der Waals surface area contributed by atoms with Crippen molar-refractivity contribution in [3.05, 3.63) is 36.5 Å². The van der Waals surface area contributed by atoms with E-state index in [1.165, 1.54) is 135 Å². The number of aliphatic hydroxyl groups excluding tert-OH is 11. The molecule has 19 nitrogen and oxygen atoms in total. The SMILES string of the molecule is CCCCCCC/C=C\C/C=C\CCCCCCCCCCCC(=O)NC(COC1OC(CO)C(OC2OC(CO)C(OC3OC(CO)C(O)C(O)C3O)C(O)C2O)C(O)C1O)C(O)/C=C/CCCCCCCCCCCCCCCC. The third kappa shape index (κ3) is 29.1. The summed E-state index contributed by atoms with van der Waals surface area (Å²) in [6.45, 7) is 1.72. The van der Waals surface area contributed by atoms with Gasteiger partial charge in [0.1, 0.15) is 73.2 Å². The van der Waals surface area contributed by atoms with Gasteiger partial charge in [0.15, 0.2) is 18.9 Å². The van der Waals surface area contributed by atoms with E-state index in [2.05, 4.69) is 43.5 Å². The predicted octanol–water partition coefficient (Wildman–Crippen LogP) is 6.88. The first kappa shape index (κ1) is 74.3. The number of amides is 1. The summed E-state index contributed by atoms with van der Waals surface area (Å²) >= 11 is 0. The molecule has 3 rings (SSSR count). The molecule has 3 fully saturated rings. The van der Waals surface area contributed by atoms with Crippen molar-refractivity contribution >= 4 is 5.91 Å². The summed E-state index contributed by atoms with van der Waals surface area (Å²) in [6.07, 6.45) is 24.0. The molecule has 0 spiro atoms. The van der Waals surface area contributed by atoms with Crippen molar-refractivity contribution in [1.29, 1.82) is 0 Å². The molecule has 3 heterocycles. The summed E-state index contributed by atoms with van der Waals surface area (Å²) in [6, 6.07) is -0.974. The van der Waals surface area contributed by atoms with Gasteiger partial charge < -0.3 is 89.9 Å². The number of carbonyl (C=O) groups is 1. The lowest BCUT2D eigenvalue weighted by molar-refractivity contribution is -0.379. The van der Waals surface area contributed by atoms with Crippen LogP contribution in [0.1, 0.15) is 226 Å². The Kier molecular flexibility index (Phi) is 41.8. The van der Waals surface area contributed by atoms with E-state index < -0.39 is 124 Å². The minimum atomic E-state index is -1.98. The monoisotopic (exact) mass is 1170 g/mol. The van der Waals surface area contributed by atoms with Crippen LogP contribution >= 0.6 is 0 Å². The zero-order chi connectivity index (χ0) is 59.7. The summed E-state index contributed by atoms with van der Waals surface area (Å²) in [5.41, 5.74) is 0. The fourth-order valence-corrected chi connectivity index (χ4v) is 10.9. The van der Waals surface area contributed by atoms with E-state index in [0.717, 1.165) is 64.2 Å². The molecular formula is C63H115NO18. The third-order valence-corrected chi connectivity index (χ3v) is 16.2. The first-order valence-electron chi connectivity index (χ1n) is 32.2. The standard InChI is InChI=1S/C63H115NO18/c1-3-5-7-9-11-13-15-17-19-21-22-23-24-25-27-29-31-33-35-37-39-41-51(69)64-46(47(68)40-38-36-34-32-30-28-26-20-18-16-14-12-10-8-6-4-2)45-77-61-57(75)54(72)59(49(43-66)79-61)82-63-58(76)55(73)60(50(44-67)80-63)81-62-56(74)53(71)52(70)48(42-65)78-62/h15,17,21-22,38,40,46-50,52-63,65-68,70-76H,3-14,16,18-20,23-37,39,41-45H2,1-2H3,(H,64,69)/b17-15-,22-21-,40-38+. The van der Waals surface area contributed by atoms with Crippen molar-refractivity contribution in [2.24, 2.45) is 0 Å². The Morgan fingerprint density at radius 2 is 0.805 bits per heavy atom. The molecular weight excluding hydrogens is 1060 g/mol. The van der Waals surface area contributed by atoms with Gasteiger partial charge in [-0.2, -0.15) is 0 Å². The second-order valence-electron chi connectivity index (χ2n) is 23.2. The van der Waals surface area contributed by atoms with Gasteiger partial charge in [-0.15, -0.1) is 0 Å². The highest BCUT2D eigenvalue weighted by Crippen LogP contribution is 2.33. The van der Waals surface area contributed by atoms with Gasteiger partial charge >= 0.3 is 0 Å². The Morgan fingerprint density at radius 3 is 1.24 bits per heavy atom. The molecule has 0 aliphatic carbocycles. The maximum absolute atomic E-state index is 13.4. The van der Waals surface area contributed by atoms with Crippen LogP contribution in [0.15, 0.2) is 36.5 Å². The van der Waals surface area contributed by atoms with Gasteiger partial charge in [-0.25, -0.2) is 0 Å². The number of nitrogens with one attached hydrogen (secondary N) is 1. The van der Waals surface area contributed by atoms with Gasteiger partial charge in [0.05, 0.1) is 38.6 Å². The molecule has 1 amide bonds. The van der Waals surface area contributed by atoms with Crippen LogP contribution in [0.25, 0.3) is 0 Å². The van der Waals surface area contributed by atoms with Crippen LogP contribution in [0, 0.1) is 0 Å². The van der Waals surface area contributed by atoms with Crippen molar-refractivity contribution in [3.63, 3.8) is 0 Å². The second kappa shape index (κ2) is 46.2. The fourth-order valence-electron chi connectivity index (χ4n) is 10.9. The van der Waals surface area contributed by atoms with Gasteiger partial charge in [-0.1, -0.05) is 204 Å². The van der Waals surface area contributed by atoms with Crippen LogP contribution < -0.4 is 5.32 Å². The minimum Gasteiger partial charge on any atom is -0.394 e. The number of rotatable bonds is 48. The quantitative estimate of drug-likeness (QED) is 0.0218. The summed E-state index contributed by atoms with van der Waals surface area (Å²) in [5, 5.41) is 120. The van der Waals surface area contributed by atoms with Crippen LogP contribution in [0.4, 0.5) is 0 Å². The van der Waals surface area contributed by atoms with E-state index >= 15 is 0 Å². The second-order valence-corrected chi connectivity index (χ2v) is 23.2. The molecule has 3 aliphatic heterocycles. The fraction of sp³-hybridized carbons (Fsp3) is 0.889. The Bertz CT molecular complexity index is 1640. The lowest BCUT2D eigenvalue weighted by Crippen LogP contribution is -2.66. The van der Waals surface area contributed by atoms with Crippen molar-refractivity contribution in [2.45, 2.75) is 330 Å². The molecule has 17 unspecified atom stereocenters. The largest absolute Gasteiger partial charge is 0.394 e. The molecule has 0 aromatic rings. The number of ether oxygens (including phenoxy) is 6. The van der Waals surface area contributed by atoms with E-state index in [1.807, 2.05) is 6.08 Å². The third-order valence-electron chi connectivity index (χ3n) is 16.2. The zero-order valence-electron chi connectivity index (χ0n) is 50.2. The summed E-state index contributed by atoms with van der Waals surface area (Å²) in [7, 11) is 0. The Labute approximate surface area is 491 Å². The minimum absolute atomic E-state index is 0.239. The molecule has 82 heavy (non-hydrogen) atoms. The Hall–Kier alpha value is -1.99. The number of allylic oxidation sites excluding steroid dienone is 5. The Balaban J connectivity index is 1.48. The van der Waals surface area contributed by atoms with Crippen molar-refractivity contribution < 1.29 is 89.4 Å². The average Bonchev–Trinajstić information content (AvgIpc) is 3.40. The van der Waals surface area contributed by atoms with Crippen molar-refractivity contribution in [1.82, 2.24) is 5.32 Å². The first-order chi connectivity index (χ1) is 39.8. The van der Waals surface area contributed by atoms with Gasteiger partial charge in [-0.05, 0) is 51.4 Å². The van der Waals surface area contributed by atoms with E-state index in [4.69, 9.17) is 28.4 Å². The van der Waals surface area contributed by atoms with Gasteiger partial charge in [-0.3, -0.25) is 4.79 Å². The van der Waals surface area contributed by atoms with Crippen LogP contribution in [0.3, 0.4) is 0 Å². The lowest BCUT2D eigenvalue weighted by atomic mass is 9.96. The van der Waals surface area contributed by atoms with Gasteiger partial charge in [0, 0.05) is 6.42 Å². The van der Waals surface area contributed by atoms with Gasteiger partial charge in [0.2, 0.25) is 5.91 Å². The topological polar surface area (TPSA) is 307 Å². The predicted molar refractivity (Wildman–Crippen MR) is 314 cm³/mol. The normalized spacial score (nSPS) is 29.8. The van der Waals surface area contributed by atoms with Crippen LogP contribution in [0.2, 0.25) is 0 Å². The highest BCUT2D eigenvalue weighted by atomic mass is 16.8. The maximum Gasteiger partial charge on any atom is 0.220 e. The van der Waals surface area contributed by atoms with Crippen LogP contribution in [0.5, 0.6) is 0 Å². The van der Waals surface area contributed by atoms with E-state index in [-0.39, 0.29) is 18.9 Å². The summed E-state index contributed by atoms with van der Waals surface area (Å²) < 4.78 is 34.3. The molecule has 12 N–H and O–H groups in total. The maximum atomic E-state index is 13.4. The van der Waals surface area contributed by atoms with Crippen molar-refractivity contribution in [2.75, 3.05) is 26.4 Å². The number of unbranched alkanes of at least 4 members (excludes halogenated alkanes) is 28. The molecule has 3 aliphatic rings. The summed E-state index contributed by atoms with van der Waals surface area (Å²) in [5.74, 6) is -0.280. The molecule has 480 valence electrons. The van der Waals surface area contributed by atoms with E-state index in [0.29, 0.717) is 6.42 Å². The molecule has 0 bridgehead atoms. The van der Waals surface area contributed by atoms with Crippen molar-refractivity contribution in [3.8, 4) is 0 Å². The smallest absolute Gasteiger partial charge is 0.220 e. The average molecular weight is 1170 g/mol. The number of aliphatic hydroxyl groups is 11. The summed E-state index contributed by atoms with van der Waals surface area (Å²) in [4.78, 5) is 13.4. The lowest BCUT2D eigenvalue weighted by Gasteiger charge is -2.48. The number of hydrogen-bond donors (Lipinski definition) is 12. The molecule has 19 heteroatoms. The zero-order valence-corrected chi connectivity index (χ0v) is 50.2. The first-order valence-corrected chi connectivity index (χ1v) is 32.2. The highest BCUT2D eigenvalue weighted by molar-refractivity contribution is 5.76. The van der Waals surface area contributed by atoms with E-state index in [1.54, 1.807) is 6.08 Å². The molecule has 0 radical (unpaired) electrons. The van der Waals surface area contributed by atoms with Crippen LogP contribution in [-0.2, 0) is 33.2 Å². The molecule has 0 saturated carbocycles. The van der Waals surface area contributed by atoms with Gasteiger partial charge in [0.25, 0.3) is 0 Å². The highest BCUT2D eigenvalue weighted by Gasteiger charge is 2.53. The number of hydrogen-bond acceptors (Lipinski definition) is 18.